The van der Waals surface area contributed by atoms with Gasteiger partial charge in [0.25, 0.3) is 5.56 Å². The summed E-state index contributed by atoms with van der Waals surface area (Å²) in [6.45, 7) is 5.14. The Bertz CT molecular complexity index is 1190. The van der Waals surface area contributed by atoms with Crippen LogP contribution < -0.4 is 10.9 Å². The first-order valence-corrected chi connectivity index (χ1v) is 8.64. The number of pyridine rings is 1. The number of nitrogens with zero attached hydrogens (tertiary/aromatic N) is 3. The number of aryl methyl sites for hydroxylation is 2. The SMILES string of the molecule is Cc1nc(C#N)cnc1[C@H](C)NC(=O)Cc1c(C)c2cc(F)ccc2[nH]c1=O.[HH].[HH]. The molecule has 7 nitrogen and oxygen atoms in total. The van der Waals surface area contributed by atoms with Crippen molar-refractivity contribution in [3.05, 3.63) is 68.8 Å². The molecule has 0 fully saturated rings. The third kappa shape index (κ3) is 3.74. The van der Waals surface area contributed by atoms with Crippen LogP contribution in [0.4, 0.5) is 4.39 Å². The number of carbonyl (C=O) groups is 1. The van der Waals surface area contributed by atoms with E-state index >= 15 is 0 Å². The minimum absolute atomic E-state index is 0. The Labute approximate surface area is 163 Å². The van der Waals surface area contributed by atoms with E-state index in [1.54, 1.807) is 20.8 Å². The topological polar surface area (TPSA) is 112 Å². The number of benzene rings is 1. The lowest BCUT2D eigenvalue weighted by Crippen LogP contribution is -2.31. The summed E-state index contributed by atoms with van der Waals surface area (Å²) in [5, 5.41) is 12.2. The minimum Gasteiger partial charge on any atom is -0.348 e. The second-order valence-electron chi connectivity index (χ2n) is 6.55. The molecule has 0 radical (unpaired) electrons. The molecule has 0 aliphatic carbocycles. The van der Waals surface area contributed by atoms with Gasteiger partial charge in [0.15, 0.2) is 5.69 Å². The molecule has 28 heavy (non-hydrogen) atoms. The number of nitrogens with one attached hydrogen (secondary N) is 2. The van der Waals surface area contributed by atoms with Crippen molar-refractivity contribution in [3.63, 3.8) is 0 Å². The molecule has 1 aromatic carbocycles. The number of carbonyl (C=O) groups excluding carboxylic acids is 1. The second kappa shape index (κ2) is 7.56. The summed E-state index contributed by atoms with van der Waals surface area (Å²) in [4.78, 5) is 35.9. The highest BCUT2D eigenvalue weighted by Gasteiger charge is 2.18. The van der Waals surface area contributed by atoms with Crippen molar-refractivity contribution in [1.82, 2.24) is 20.3 Å². The van der Waals surface area contributed by atoms with E-state index in [0.717, 1.165) is 0 Å². The number of hydrogen-bond donors (Lipinski definition) is 2. The van der Waals surface area contributed by atoms with Gasteiger partial charge in [-0.25, -0.2) is 9.37 Å². The van der Waals surface area contributed by atoms with Gasteiger partial charge in [-0.1, -0.05) is 0 Å². The summed E-state index contributed by atoms with van der Waals surface area (Å²) in [5.41, 5.74) is 2.27. The van der Waals surface area contributed by atoms with E-state index in [9.17, 15) is 14.0 Å². The molecule has 0 spiro atoms. The van der Waals surface area contributed by atoms with Gasteiger partial charge >= 0.3 is 0 Å². The number of aromatic nitrogens is 3. The Morgan fingerprint density at radius 1 is 1.43 bits per heavy atom. The van der Waals surface area contributed by atoms with Crippen LogP contribution in [-0.2, 0) is 11.2 Å². The van der Waals surface area contributed by atoms with Crippen molar-refractivity contribution in [2.75, 3.05) is 0 Å². The molecule has 0 unspecified atom stereocenters. The summed E-state index contributed by atoms with van der Waals surface area (Å²) in [7, 11) is 0. The fourth-order valence-electron chi connectivity index (χ4n) is 3.17. The molecular weight excluding hydrogens is 361 g/mol. The van der Waals surface area contributed by atoms with Crippen LogP contribution >= 0.6 is 0 Å². The fourth-order valence-corrected chi connectivity index (χ4v) is 3.17. The van der Waals surface area contributed by atoms with E-state index in [4.69, 9.17) is 5.26 Å². The van der Waals surface area contributed by atoms with Crippen LogP contribution in [0.15, 0.2) is 29.2 Å². The van der Waals surface area contributed by atoms with Crippen molar-refractivity contribution < 1.29 is 12.0 Å². The average Bonchev–Trinajstić information content (AvgIpc) is 2.65. The highest BCUT2D eigenvalue weighted by atomic mass is 19.1. The Morgan fingerprint density at radius 2 is 2.18 bits per heavy atom. The van der Waals surface area contributed by atoms with Gasteiger partial charge in [0.1, 0.15) is 11.9 Å². The highest BCUT2D eigenvalue weighted by molar-refractivity contribution is 5.85. The number of nitriles is 1. The van der Waals surface area contributed by atoms with Crippen molar-refractivity contribution in [3.8, 4) is 6.07 Å². The Kier molecular flexibility index (Phi) is 5.18. The van der Waals surface area contributed by atoms with E-state index in [1.165, 1.54) is 24.4 Å². The first kappa shape index (κ1) is 19.2. The molecule has 146 valence electrons. The lowest BCUT2D eigenvalue weighted by molar-refractivity contribution is -0.121. The van der Waals surface area contributed by atoms with E-state index in [2.05, 4.69) is 20.3 Å². The van der Waals surface area contributed by atoms with Crippen molar-refractivity contribution in [2.24, 2.45) is 0 Å². The first-order valence-electron chi connectivity index (χ1n) is 8.64. The number of halogens is 1. The smallest absolute Gasteiger partial charge is 0.252 e. The van der Waals surface area contributed by atoms with E-state index in [-0.39, 0.29) is 32.0 Å². The molecule has 3 rings (SSSR count). The predicted molar refractivity (Wildman–Crippen MR) is 105 cm³/mol. The zero-order valence-electron chi connectivity index (χ0n) is 15.6. The molecule has 0 aliphatic rings. The van der Waals surface area contributed by atoms with Gasteiger partial charge in [-0.2, -0.15) is 5.26 Å². The quantitative estimate of drug-likeness (QED) is 0.719. The summed E-state index contributed by atoms with van der Waals surface area (Å²) < 4.78 is 13.6. The predicted octanol–water partition coefficient (Wildman–Crippen LogP) is 2.86. The Hall–Kier alpha value is -3.60. The number of hydrogen-bond acceptors (Lipinski definition) is 5. The standard InChI is InChI=1S/C20H18FN5O2.2H2/c1-10-15-6-13(21)4-5-17(15)26-20(28)16(10)7-18(27)25-12(3)19-11(2)24-14(8-22)9-23-19;;/h4-6,9,12H,7H2,1-3H3,(H,25,27)(H,26,28);2*1H/t12-;;/m0../s1. The van der Waals surface area contributed by atoms with E-state index in [0.29, 0.717) is 27.9 Å². The van der Waals surface area contributed by atoms with Crippen molar-refractivity contribution in [2.45, 2.75) is 33.2 Å². The normalized spacial score (nSPS) is 11.8. The van der Waals surface area contributed by atoms with Gasteiger partial charge in [0, 0.05) is 19.3 Å². The molecule has 8 heteroatoms. The molecule has 1 amide bonds. The number of H-pyrrole nitrogens is 1. The number of amides is 1. The average molecular weight is 383 g/mol. The van der Waals surface area contributed by atoms with Crippen LogP contribution in [0.3, 0.4) is 0 Å². The molecular formula is C20H22FN5O2. The molecule has 3 aromatic rings. The summed E-state index contributed by atoms with van der Waals surface area (Å²) in [6, 6.07) is 5.56. The molecule has 1 atom stereocenters. The maximum Gasteiger partial charge on any atom is 0.252 e. The number of rotatable bonds is 4. The van der Waals surface area contributed by atoms with E-state index < -0.39 is 11.9 Å². The third-order valence-electron chi connectivity index (χ3n) is 4.58. The van der Waals surface area contributed by atoms with E-state index in [1.807, 2.05) is 6.07 Å². The van der Waals surface area contributed by atoms with Gasteiger partial charge in [-0.05, 0) is 44.5 Å². The van der Waals surface area contributed by atoms with Gasteiger partial charge in [-0.3, -0.25) is 14.6 Å². The number of aromatic amines is 1. The molecule has 0 saturated carbocycles. The van der Waals surface area contributed by atoms with Gasteiger partial charge in [-0.15, -0.1) is 0 Å². The molecule has 2 aromatic heterocycles. The third-order valence-corrected chi connectivity index (χ3v) is 4.58. The van der Waals surface area contributed by atoms with Crippen LogP contribution in [-0.4, -0.2) is 20.9 Å². The molecule has 0 saturated heterocycles. The van der Waals surface area contributed by atoms with Crippen LogP contribution in [0, 0.1) is 31.0 Å². The highest BCUT2D eigenvalue weighted by Crippen LogP contribution is 2.19. The van der Waals surface area contributed by atoms with Crippen LogP contribution in [0.5, 0.6) is 0 Å². The molecule has 0 bridgehead atoms. The summed E-state index contributed by atoms with van der Waals surface area (Å²) in [6.07, 6.45) is 1.19. The molecule has 0 aliphatic heterocycles. The van der Waals surface area contributed by atoms with Crippen LogP contribution in [0.1, 0.15) is 44.0 Å². The van der Waals surface area contributed by atoms with Crippen LogP contribution in [0.25, 0.3) is 10.9 Å². The molecule has 2 N–H and O–H groups in total. The lowest BCUT2D eigenvalue weighted by Gasteiger charge is -2.16. The van der Waals surface area contributed by atoms with Gasteiger partial charge < -0.3 is 10.3 Å². The maximum absolute atomic E-state index is 13.6. The molecule has 2 heterocycles. The number of fused-ring (bicyclic) bond motifs is 1. The largest absolute Gasteiger partial charge is 0.348 e. The van der Waals surface area contributed by atoms with Crippen molar-refractivity contribution >= 4 is 16.8 Å². The lowest BCUT2D eigenvalue weighted by atomic mass is 10.0. The Balaban J connectivity index is 0.00000225. The van der Waals surface area contributed by atoms with Gasteiger partial charge in [0.05, 0.1) is 30.0 Å². The first-order chi connectivity index (χ1) is 13.3. The minimum atomic E-state index is -0.454. The summed E-state index contributed by atoms with van der Waals surface area (Å²) in [5.74, 6) is -0.788. The second-order valence-corrected chi connectivity index (χ2v) is 6.55. The van der Waals surface area contributed by atoms with Gasteiger partial charge in [0.2, 0.25) is 5.91 Å². The maximum atomic E-state index is 13.6. The van der Waals surface area contributed by atoms with Crippen molar-refractivity contribution in [1.29, 1.82) is 5.26 Å². The zero-order chi connectivity index (χ0) is 20.4. The zero-order valence-corrected chi connectivity index (χ0v) is 15.6. The summed E-state index contributed by atoms with van der Waals surface area (Å²) >= 11 is 0. The monoisotopic (exact) mass is 383 g/mol. The Morgan fingerprint density at radius 3 is 2.86 bits per heavy atom. The van der Waals surface area contributed by atoms with Crippen LogP contribution in [0.2, 0.25) is 0 Å². The fraction of sp³-hybridized carbons (Fsp3) is 0.250.